The van der Waals surface area contributed by atoms with Crippen molar-refractivity contribution in [1.29, 1.82) is 0 Å². The van der Waals surface area contributed by atoms with Gasteiger partial charge in [-0.1, -0.05) is 0 Å². The molecule has 84 valence electrons. The summed E-state index contributed by atoms with van der Waals surface area (Å²) in [6.45, 7) is 3.77. The van der Waals surface area contributed by atoms with Crippen molar-refractivity contribution >= 4 is 17.6 Å². The summed E-state index contributed by atoms with van der Waals surface area (Å²) in [4.78, 5) is 27.4. The zero-order valence-electron chi connectivity index (χ0n) is 9.11. The highest BCUT2D eigenvalue weighted by Gasteiger charge is 2.39. The van der Waals surface area contributed by atoms with Crippen LogP contribution >= 0.6 is 0 Å². The van der Waals surface area contributed by atoms with Crippen LogP contribution in [0.25, 0.3) is 0 Å². The molecule has 2 rings (SSSR count). The van der Waals surface area contributed by atoms with Crippen LogP contribution in [-0.4, -0.2) is 23.5 Å². The van der Waals surface area contributed by atoms with Crippen LogP contribution in [0.2, 0.25) is 0 Å². The fourth-order valence-corrected chi connectivity index (χ4v) is 1.68. The number of aromatic nitrogens is 1. The number of nitrogens with one attached hydrogen (secondary N) is 1. The molecule has 0 radical (unpaired) electrons. The SMILES string of the molecule is CCOC(=O)C1C(=O)Nc2ccc(C)nc21. The molecule has 0 aromatic carbocycles. The monoisotopic (exact) mass is 220 g/mol. The van der Waals surface area contributed by atoms with E-state index in [1.807, 2.05) is 6.92 Å². The van der Waals surface area contributed by atoms with Gasteiger partial charge in [0.25, 0.3) is 0 Å². The highest BCUT2D eigenvalue weighted by Crippen LogP contribution is 2.31. The maximum absolute atomic E-state index is 11.6. The van der Waals surface area contributed by atoms with Crippen LogP contribution < -0.4 is 5.32 Å². The first-order chi connectivity index (χ1) is 7.63. The van der Waals surface area contributed by atoms with Gasteiger partial charge in [0.2, 0.25) is 5.91 Å². The van der Waals surface area contributed by atoms with Crippen molar-refractivity contribution in [2.45, 2.75) is 19.8 Å². The topological polar surface area (TPSA) is 68.3 Å². The Labute approximate surface area is 92.8 Å². The summed E-state index contributed by atoms with van der Waals surface area (Å²) in [6, 6.07) is 3.53. The molecule has 1 N–H and O–H groups in total. The van der Waals surface area contributed by atoms with Crippen LogP contribution in [0.3, 0.4) is 0 Å². The number of aryl methyl sites for hydroxylation is 1. The van der Waals surface area contributed by atoms with Crippen molar-refractivity contribution in [3.63, 3.8) is 0 Å². The Hall–Kier alpha value is -1.91. The number of esters is 1. The van der Waals surface area contributed by atoms with Crippen LogP contribution in [0, 0.1) is 6.92 Å². The second-order valence-electron chi connectivity index (χ2n) is 3.56. The summed E-state index contributed by atoms with van der Waals surface area (Å²) in [5.74, 6) is -1.83. The number of nitrogens with zero attached hydrogens (tertiary/aromatic N) is 1. The second-order valence-corrected chi connectivity index (χ2v) is 3.56. The van der Waals surface area contributed by atoms with E-state index >= 15 is 0 Å². The van der Waals surface area contributed by atoms with Gasteiger partial charge in [0.1, 0.15) is 0 Å². The van der Waals surface area contributed by atoms with Crippen molar-refractivity contribution in [2.24, 2.45) is 0 Å². The van der Waals surface area contributed by atoms with Gasteiger partial charge in [0.15, 0.2) is 5.92 Å². The molecule has 0 bridgehead atoms. The highest BCUT2D eigenvalue weighted by atomic mass is 16.5. The number of fused-ring (bicyclic) bond motifs is 1. The molecule has 0 saturated heterocycles. The Bertz CT molecular complexity index is 457. The van der Waals surface area contributed by atoms with Crippen LogP contribution in [0.5, 0.6) is 0 Å². The van der Waals surface area contributed by atoms with E-state index < -0.39 is 11.9 Å². The third kappa shape index (κ3) is 1.64. The average molecular weight is 220 g/mol. The van der Waals surface area contributed by atoms with Gasteiger partial charge in [-0.3, -0.25) is 14.6 Å². The molecule has 0 saturated carbocycles. The molecule has 0 fully saturated rings. The van der Waals surface area contributed by atoms with Gasteiger partial charge in [0, 0.05) is 5.69 Å². The predicted molar refractivity (Wildman–Crippen MR) is 57.0 cm³/mol. The minimum Gasteiger partial charge on any atom is -0.465 e. The van der Waals surface area contributed by atoms with Gasteiger partial charge in [-0.05, 0) is 26.0 Å². The Kier molecular flexibility index (Phi) is 2.60. The smallest absolute Gasteiger partial charge is 0.324 e. The lowest BCUT2D eigenvalue weighted by molar-refractivity contribution is -0.147. The fourth-order valence-electron chi connectivity index (χ4n) is 1.68. The molecule has 1 aliphatic rings. The second kappa shape index (κ2) is 3.92. The van der Waals surface area contributed by atoms with E-state index in [4.69, 9.17) is 4.74 Å². The Morgan fingerprint density at radius 2 is 2.31 bits per heavy atom. The minimum atomic E-state index is -0.921. The average Bonchev–Trinajstić information content (AvgIpc) is 2.53. The highest BCUT2D eigenvalue weighted by molar-refractivity contribution is 6.14. The predicted octanol–water partition coefficient (Wildman–Crippen LogP) is 0.989. The number of ether oxygens (including phenoxy) is 1. The number of anilines is 1. The maximum atomic E-state index is 11.6. The molecule has 1 aromatic rings. The molecular formula is C11H12N2O3. The van der Waals surface area contributed by atoms with Gasteiger partial charge < -0.3 is 10.1 Å². The van der Waals surface area contributed by atoms with Crippen LogP contribution in [-0.2, 0) is 14.3 Å². The summed E-state index contributed by atoms with van der Waals surface area (Å²) >= 11 is 0. The molecule has 5 nitrogen and oxygen atoms in total. The van der Waals surface area contributed by atoms with Gasteiger partial charge in [0.05, 0.1) is 18.0 Å². The zero-order valence-corrected chi connectivity index (χ0v) is 9.11. The quantitative estimate of drug-likeness (QED) is 0.596. The fraction of sp³-hybridized carbons (Fsp3) is 0.364. The van der Waals surface area contributed by atoms with Crippen LogP contribution in [0.1, 0.15) is 24.2 Å². The lowest BCUT2D eigenvalue weighted by Gasteiger charge is -2.07. The van der Waals surface area contributed by atoms with Crippen LogP contribution in [0.15, 0.2) is 12.1 Å². The number of carbonyl (C=O) groups is 2. The van der Waals surface area contributed by atoms with E-state index in [0.717, 1.165) is 5.69 Å². The molecule has 2 heterocycles. The van der Waals surface area contributed by atoms with E-state index in [1.165, 1.54) is 0 Å². The molecule has 1 aromatic heterocycles. The van der Waals surface area contributed by atoms with Crippen molar-refractivity contribution < 1.29 is 14.3 Å². The molecule has 0 spiro atoms. The Morgan fingerprint density at radius 3 is 3.00 bits per heavy atom. The molecular weight excluding hydrogens is 208 g/mol. The number of hydrogen-bond acceptors (Lipinski definition) is 4. The first-order valence-electron chi connectivity index (χ1n) is 5.08. The van der Waals surface area contributed by atoms with Crippen molar-refractivity contribution in [1.82, 2.24) is 4.98 Å². The number of carbonyl (C=O) groups excluding carboxylic acids is 2. The number of rotatable bonds is 2. The summed E-state index contributed by atoms with van der Waals surface area (Å²) < 4.78 is 4.85. The summed E-state index contributed by atoms with van der Waals surface area (Å²) in [6.07, 6.45) is 0. The largest absolute Gasteiger partial charge is 0.465 e. The maximum Gasteiger partial charge on any atom is 0.324 e. The lowest BCUT2D eigenvalue weighted by Crippen LogP contribution is -2.23. The van der Waals surface area contributed by atoms with Gasteiger partial charge >= 0.3 is 5.97 Å². The zero-order chi connectivity index (χ0) is 11.7. The van der Waals surface area contributed by atoms with Gasteiger partial charge in [-0.25, -0.2) is 0 Å². The Morgan fingerprint density at radius 1 is 1.56 bits per heavy atom. The third-order valence-electron chi connectivity index (χ3n) is 2.38. The van der Waals surface area contributed by atoms with Gasteiger partial charge in [-0.15, -0.1) is 0 Å². The van der Waals surface area contributed by atoms with E-state index in [1.54, 1.807) is 19.1 Å². The van der Waals surface area contributed by atoms with E-state index in [2.05, 4.69) is 10.3 Å². The van der Waals surface area contributed by atoms with Crippen molar-refractivity contribution in [3.05, 3.63) is 23.5 Å². The van der Waals surface area contributed by atoms with Gasteiger partial charge in [-0.2, -0.15) is 0 Å². The van der Waals surface area contributed by atoms with E-state index in [9.17, 15) is 9.59 Å². The standard InChI is InChI=1S/C11H12N2O3/c1-3-16-11(15)8-9-7(13-10(8)14)5-4-6(2)12-9/h4-5,8H,3H2,1-2H3,(H,13,14). The molecule has 5 heteroatoms. The van der Waals surface area contributed by atoms with Crippen LogP contribution in [0.4, 0.5) is 5.69 Å². The third-order valence-corrected chi connectivity index (χ3v) is 2.38. The van der Waals surface area contributed by atoms with Crippen molar-refractivity contribution in [3.8, 4) is 0 Å². The number of amides is 1. The Balaban J connectivity index is 2.38. The summed E-state index contributed by atoms with van der Waals surface area (Å²) in [7, 11) is 0. The minimum absolute atomic E-state index is 0.254. The lowest BCUT2D eigenvalue weighted by atomic mass is 10.1. The summed E-state index contributed by atoms with van der Waals surface area (Å²) in [5.41, 5.74) is 1.82. The van der Waals surface area contributed by atoms with E-state index in [-0.39, 0.29) is 12.5 Å². The molecule has 1 unspecified atom stereocenters. The molecule has 1 aliphatic heterocycles. The first-order valence-corrected chi connectivity index (χ1v) is 5.08. The normalized spacial score (nSPS) is 17.9. The summed E-state index contributed by atoms with van der Waals surface area (Å²) in [5, 5.41) is 2.61. The molecule has 1 atom stereocenters. The molecule has 1 amide bonds. The van der Waals surface area contributed by atoms with Crippen molar-refractivity contribution in [2.75, 3.05) is 11.9 Å². The molecule has 16 heavy (non-hydrogen) atoms. The molecule has 0 aliphatic carbocycles. The first kappa shape index (κ1) is 10.6. The number of hydrogen-bond donors (Lipinski definition) is 1. The van der Waals surface area contributed by atoms with E-state index in [0.29, 0.717) is 11.4 Å². The number of pyridine rings is 1.